The van der Waals surface area contributed by atoms with Crippen molar-refractivity contribution in [3.8, 4) is 0 Å². The quantitative estimate of drug-likeness (QED) is 0.645. The van der Waals surface area contributed by atoms with E-state index in [0.29, 0.717) is 45.2 Å². The van der Waals surface area contributed by atoms with Gasteiger partial charge in [-0.15, -0.1) is 0 Å². The molecule has 2 rings (SSSR count). The lowest BCUT2D eigenvalue weighted by molar-refractivity contribution is -0.134. The number of amides is 2. The summed E-state index contributed by atoms with van der Waals surface area (Å²) in [7, 11) is 1.64. The molecule has 1 heterocycles. The summed E-state index contributed by atoms with van der Waals surface area (Å²) in [5.74, 6) is 0.425. The molecule has 0 bridgehead atoms. The summed E-state index contributed by atoms with van der Waals surface area (Å²) in [4.78, 5) is 25.8. The first-order valence-corrected chi connectivity index (χ1v) is 7.37. The van der Waals surface area contributed by atoms with Crippen LogP contribution in [0.1, 0.15) is 25.7 Å². The van der Waals surface area contributed by atoms with E-state index in [-0.39, 0.29) is 17.9 Å². The molecule has 2 aliphatic rings. The molecule has 1 saturated carbocycles. The smallest absolute Gasteiger partial charge is 0.245 e. The number of ether oxygens (including phenoxy) is 2. The normalized spacial score (nSPS) is 23.6. The summed E-state index contributed by atoms with van der Waals surface area (Å²) in [6, 6.07) is -0.292. The Morgan fingerprint density at radius 3 is 2.75 bits per heavy atom. The van der Waals surface area contributed by atoms with Gasteiger partial charge in [-0.1, -0.05) is 0 Å². The predicted molar refractivity (Wildman–Crippen MR) is 73.2 cm³/mol. The highest BCUT2D eigenvalue weighted by Crippen LogP contribution is 2.34. The molecule has 0 aromatic rings. The number of carbonyl (C=O) groups is 2. The van der Waals surface area contributed by atoms with E-state index in [1.807, 2.05) is 0 Å². The summed E-state index contributed by atoms with van der Waals surface area (Å²) in [5.41, 5.74) is 0. The van der Waals surface area contributed by atoms with E-state index in [1.165, 1.54) is 0 Å². The van der Waals surface area contributed by atoms with Crippen LogP contribution in [0.5, 0.6) is 0 Å². The lowest BCUT2D eigenvalue weighted by atomic mass is 10.1. The minimum atomic E-state index is -0.292. The van der Waals surface area contributed by atoms with E-state index in [1.54, 1.807) is 12.0 Å². The summed E-state index contributed by atoms with van der Waals surface area (Å²) >= 11 is 0. The van der Waals surface area contributed by atoms with E-state index < -0.39 is 0 Å². The van der Waals surface area contributed by atoms with Crippen molar-refractivity contribution >= 4 is 11.8 Å². The third-order valence-corrected chi connectivity index (χ3v) is 3.74. The van der Waals surface area contributed by atoms with E-state index in [0.717, 1.165) is 19.3 Å². The monoisotopic (exact) mass is 284 g/mol. The number of nitrogens with zero attached hydrogens (tertiary/aromatic N) is 1. The van der Waals surface area contributed by atoms with Crippen LogP contribution >= 0.6 is 0 Å². The van der Waals surface area contributed by atoms with Crippen LogP contribution in [-0.2, 0) is 19.1 Å². The van der Waals surface area contributed by atoms with Gasteiger partial charge in [0.2, 0.25) is 11.8 Å². The first kappa shape index (κ1) is 15.3. The van der Waals surface area contributed by atoms with Crippen molar-refractivity contribution in [1.29, 1.82) is 0 Å². The van der Waals surface area contributed by atoms with Crippen LogP contribution in [0.3, 0.4) is 0 Å². The highest BCUT2D eigenvalue weighted by molar-refractivity contribution is 5.90. The summed E-state index contributed by atoms with van der Waals surface area (Å²) < 4.78 is 10.3. The van der Waals surface area contributed by atoms with Gasteiger partial charge in [0.25, 0.3) is 0 Å². The zero-order valence-electron chi connectivity index (χ0n) is 12.1. The number of hydrogen-bond acceptors (Lipinski definition) is 4. The Morgan fingerprint density at radius 2 is 2.05 bits per heavy atom. The number of carbonyl (C=O) groups excluding carboxylic acids is 2. The molecule has 1 saturated heterocycles. The molecule has 6 nitrogen and oxygen atoms in total. The maximum Gasteiger partial charge on any atom is 0.245 e. The summed E-state index contributed by atoms with van der Waals surface area (Å²) in [6.07, 6.45) is 3.29. The van der Waals surface area contributed by atoms with Crippen LogP contribution in [-0.4, -0.2) is 62.8 Å². The van der Waals surface area contributed by atoms with Crippen LogP contribution in [0.2, 0.25) is 0 Å². The van der Waals surface area contributed by atoms with Crippen molar-refractivity contribution in [3.05, 3.63) is 0 Å². The Labute approximate surface area is 119 Å². The van der Waals surface area contributed by atoms with Crippen LogP contribution in [0.15, 0.2) is 0 Å². The van der Waals surface area contributed by atoms with Gasteiger partial charge in [-0.25, -0.2) is 0 Å². The molecule has 6 heteroatoms. The van der Waals surface area contributed by atoms with Crippen LogP contribution in [0.25, 0.3) is 0 Å². The zero-order chi connectivity index (χ0) is 14.4. The Morgan fingerprint density at radius 1 is 1.25 bits per heavy atom. The van der Waals surface area contributed by atoms with Crippen LogP contribution < -0.4 is 5.32 Å². The number of methoxy groups -OCH3 is 1. The van der Waals surface area contributed by atoms with Crippen LogP contribution in [0.4, 0.5) is 0 Å². The van der Waals surface area contributed by atoms with Gasteiger partial charge in [0.15, 0.2) is 0 Å². The van der Waals surface area contributed by atoms with Gasteiger partial charge >= 0.3 is 0 Å². The highest BCUT2D eigenvalue weighted by atomic mass is 16.5. The predicted octanol–water partition coefficient (Wildman–Crippen LogP) is 0.167. The first-order valence-electron chi connectivity index (χ1n) is 7.37. The maximum atomic E-state index is 12.4. The third kappa shape index (κ3) is 4.45. The number of nitrogens with one attached hydrogen (secondary N) is 1. The summed E-state index contributed by atoms with van der Waals surface area (Å²) in [5, 5.41) is 2.86. The molecule has 0 radical (unpaired) electrons. The van der Waals surface area contributed by atoms with E-state index in [4.69, 9.17) is 9.47 Å². The molecule has 2 amide bonds. The molecule has 2 fully saturated rings. The molecule has 114 valence electrons. The molecule has 1 N–H and O–H groups in total. The average molecular weight is 284 g/mol. The van der Waals surface area contributed by atoms with Crippen LogP contribution in [0, 0.1) is 5.92 Å². The minimum absolute atomic E-state index is 0.00547. The Bertz CT molecular complexity index is 344. The fourth-order valence-corrected chi connectivity index (χ4v) is 2.42. The van der Waals surface area contributed by atoms with Gasteiger partial charge in [0, 0.05) is 33.2 Å². The summed E-state index contributed by atoms with van der Waals surface area (Å²) in [6.45, 7) is 2.96. The fourth-order valence-electron chi connectivity index (χ4n) is 2.42. The third-order valence-electron chi connectivity index (χ3n) is 3.74. The van der Waals surface area contributed by atoms with E-state index >= 15 is 0 Å². The van der Waals surface area contributed by atoms with Crippen molar-refractivity contribution in [3.63, 3.8) is 0 Å². The Kier molecular flexibility index (Phi) is 5.79. The number of rotatable bonds is 8. The Hall–Kier alpha value is -1.14. The maximum absolute atomic E-state index is 12.4. The Balaban J connectivity index is 1.74. The van der Waals surface area contributed by atoms with Crippen molar-refractivity contribution in [1.82, 2.24) is 10.2 Å². The first-order chi connectivity index (χ1) is 9.72. The van der Waals surface area contributed by atoms with Gasteiger partial charge < -0.3 is 19.7 Å². The van der Waals surface area contributed by atoms with Gasteiger partial charge in [-0.3, -0.25) is 9.59 Å². The topological polar surface area (TPSA) is 67.9 Å². The SMILES string of the molecule is COCCOCCCN1CCC(=O)NC(C2CC2)C1=O. The van der Waals surface area contributed by atoms with Crippen molar-refractivity contribution < 1.29 is 19.1 Å². The zero-order valence-corrected chi connectivity index (χ0v) is 12.1. The molecule has 0 spiro atoms. The van der Waals surface area contributed by atoms with Gasteiger partial charge in [0.1, 0.15) is 6.04 Å². The standard InChI is InChI=1S/C14H24N2O4/c1-19-9-10-20-8-2-6-16-7-5-12(17)15-13(14(16)18)11-3-4-11/h11,13H,2-10H2,1H3,(H,15,17). The minimum Gasteiger partial charge on any atom is -0.382 e. The van der Waals surface area contributed by atoms with Crippen molar-refractivity contribution in [2.45, 2.75) is 31.7 Å². The molecule has 0 aromatic carbocycles. The van der Waals surface area contributed by atoms with Gasteiger partial charge in [0.05, 0.1) is 13.2 Å². The van der Waals surface area contributed by atoms with E-state index in [2.05, 4.69) is 5.32 Å². The molecule has 1 atom stereocenters. The van der Waals surface area contributed by atoms with Crippen molar-refractivity contribution in [2.75, 3.05) is 40.0 Å². The van der Waals surface area contributed by atoms with Gasteiger partial charge in [-0.05, 0) is 25.2 Å². The van der Waals surface area contributed by atoms with E-state index in [9.17, 15) is 9.59 Å². The molecular weight excluding hydrogens is 260 g/mol. The molecule has 1 aliphatic heterocycles. The second-order valence-electron chi connectivity index (χ2n) is 5.42. The average Bonchev–Trinajstić information content (AvgIpc) is 3.26. The lowest BCUT2D eigenvalue weighted by Gasteiger charge is -2.23. The second kappa shape index (κ2) is 7.59. The molecule has 1 aliphatic carbocycles. The van der Waals surface area contributed by atoms with Gasteiger partial charge in [-0.2, -0.15) is 0 Å². The fraction of sp³-hybridized carbons (Fsp3) is 0.857. The molecular formula is C14H24N2O4. The lowest BCUT2D eigenvalue weighted by Crippen LogP contribution is -2.46. The van der Waals surface area contributed by atoms with Crippen molar-refractivity contribution in [2.24, 2.45) is 5.92 Å². The largest absolute Gasteiger partial charge is 0.382 e. The number of hydrogen-bond donors (Lipinski definition) is 1. The second-order valence-corrected chi connectivity index (χ2v) is 5.42. The molecule has 0 aromatic heterocycles. The molecule has 20 heavy (non-hydrogen) atoms. The molecule has 1 unspecified atom stereocenters. The highest BCUT2D eigenvalue weighted by Gasteiger charge is 2.40.